The van der Waals surface area contributed by atoms with E-state index in [4.69, 9.17) is 0 Å². The number of guanidine groups is 1. The Hall–Kier alpha value is -1.51. The molecule has 1 aliphatic carbocycles. The fraction of sp³-hybridized carbons (Fsp3) is 0.562. The lowest BCUT2D eigenvalue weighted by atomic mass is 10.1. The van der Waals surface area contributed by atoms with E-state index in [2.05, 4.69) is 59.8 Å². The number of aliphatic imine (C=N–C) groups is 1. The first-order valence-corrected chi connectivity index (χ1v) is 7.45. The van der Waals surface area contributed by atoms with Gasteiger partial charge in [-0.25, -0.2) is 0 Å². The molecule has 1 fully saturated rings. The third kappa shape index (κ3) is 4.27. The molecule has 1 aromatic carbocycles. The molecular formula is C16H25N3. The Kier molecular flexibility index (Phi) is 5.25. The van der Waals surface area contributed by atoms with Gasteiger partial charge in [0, 0.05) is 25.0 Å². The minimum Gasteiger partial charge on any atom is -0.357 e. The summed E-state index contributed by atoms with van der Waals surface area (Å²) >= 11 is 0. The standard InChI is InChI=1S/C16H25N3/c1-3-5-11-18-16(17-4-2)19-15-12-14(15)13-9-7-6-8-10-13/h6-10,14-15H,3-5,11-12H2,1-2H3,(H2,17,18,19). The molecule has 2 atom stereocenters. The maximum Gasteiger partial charge on any atom is 0.191 e. The van der Waals surface area contributed by atoms with E-state index in [1.807, 2.05) is 0 Å². The molecular weight excluding hydrogens is 234 g/mol. The van der Waals surface area contributed by atoms with Gasteiger partial charge in [-0.3, -0.25) is 4.99 Å². The zero-order valence-electron chi connectivity index (χ0n) is 12.0. The maximum absolute atomic E-state index is 4.61. The van der Waals surface area contributed by atoms with Gasteiger partial charge in [-0.1, -0.05) is 43.7 Å². The number of unbranched alkanes of at least 4 members (excludes halogenated alkanes) is 1. The molecule has 0 bridgehead atoms. The zero-order chi connectivity index (χ0) is 13.5. The second kappa shape index (κ2) is 7.17. The topological polar surface area (TPSA) is 36.4 Å². The van der Waals surface area contributed by atoms with Crippen molar-refractivity contribution >= 4 is 5.96 Å². The van der Waals surface area contributed by atoms with Gasteiger partial charge in [-0.2, -0.15) is 0 Å². The largest absolute Gasteiger partial charge is 0.357 e. The molecule has 1 saturated carbocycles. The summed E-state index contributed by atoms with van der Waals surface area (Å²) in [7, 11) is 0. The molecule has 2 rings (SSSR count). The summed E-state index contributed by atoms with van der Waals surface area (Å²) in [5, 5.41) is 6.86. The smallest absolute Gasteiger partial charge is 0.191 e. The Morgan fingerprint density at radius 1 is 1.26 bits per heavy atom. The summed E-state index contributed by atoms with van der Waals surface area (Å²) in [4.78, 5) is 4.61. The van der Waals surface area contributed by atoms with Crippen LogP contribution in [0, 0.1) is 0 Å². The lowest BCUT2D eigenvalue weighted by Gasteiger charge is -2.11. The first-order chi connectivity index (χ1) is 9.35. The summed E-state index contributed by atoms with van der Waals surface area (Å²) in [5.41, 5.74) is 1.43. The van der Waals surface area contributed by atoms with Crippen molar-refractivity contribution in [3.8, 4) is 0 Å². The molecule has 1 aliphatic rings. The molecule has 0 radical (unpaired) electrons. The van der Waals surface area contributed by atoms with Crippen molar-refractivity contribution < 1.29 is 0 Å². The Balaban J connectivity index is 1.84. The summed E-state index contributed by atoms with van der Waals surface area (Å²) in [6.45, 7) is 6.13. The predicted molar refractivity (Wildman–Crippen MR) is 81.6 cm³/mol. The molecule has 2 N–H and O–H groups in total. The lowest BCUT2D eigenvalue weighted by Crippen LogP contribution is -2.39. The highest BCUT2D eigenvalue weighted by Gasteiger charge is 2.38. The zero-order valence-corrected chi connectivity index (χ0v) is 12.0. The highest BCUT2D eigenvalue weighted by Crippen LogP contribution is 2.40. The first kappa shape index (κ1) is 13.9. The van der Waals surface area contributed by atoms with E-state index < -0.39 is 0 Å². The summed E-state index contributed by atoms with van der Waals surface area (Å²) in [6, 6.07) is 11.3. The number of rotatable bonds is 6. The van der Waals surface area contributed by atoms with E-state index in [0.717, 1.165) is 25.5 Å². The van der Waals surface area contributed by atoms with Gasteiger partial charge < -0.3 is 10.6 Å². The van der Waals surface area contributed by atoms with Gasteiger partial charge in [-0.15, -0.1) is 0 Å². The summed E-state index contributed by atoms with van der Waals surface area (Å²) in [6.07, 6.45) is 3.56. The highest BCUT2D eigenvalue weighted by atomic mass is 15.2. The van der Waals surface area contributed by atoms with E-state index in [0.29, 0.717) is 12.0 Å². The van der Waals surface area contributed by atoms with Crippen molar-refractivity contribution in [1.82, 2.24) is 10.6 Å². The molecule has 2 unspecified atom stereocenters. The number of nitrogens with one attached hydrogen (secondary N) is 2. The minimum atomic E-state index is 0.543. The molecule has 0 amide bonds. The van der Waals surface area contributed by atoms with Crippen molar-refractivity contribution in [1.29, 1.82) is 0 Å². The Morgan fingerprint density at radius 3 is 2.74 bits per heavy atom. The second-order valence-electron chi connectivity index (χ2n) is 5.12. The van der Waals surface area contributed by atoms with E-state index in [1.54, 1.807) is 0 Å². The van der Waals surface area contributed by atoms with Gasteiger partial charge >= 0.3 is 0 Å². The third-order valence-electron chi connectivity index (χ3n) is 3.47. The average molecular weight is 259 g/mol. The number of benzene rings is 1. The monoisotopic (exact) mass is 259 g/mol. The van der Waals surface area contributed by atoms with Gasteiger partial charge in [-0.05, 0) is 25.3 Å². The number of nitrogens with zero attached hydrogens (tertiary/aromatic N) is 1. The molecule has 3 heteroatoms. The first-order valence-electron chi connectivity index (χ1n) is 7.45. The van der Waals surface area contributed by atoms with Crippen molar-refractivity contribution in [3.63, 3.8) is 0 Å². The average Bonchev–Trinajstić information content (AvgIpc) is 3.19. The Bertz CT molecular complexity index is 400. The van der Waals surface area contributed by atoms with Crippen LogP contribution in [0.1, 0.15) is 44.6 Å². The minimum absolute atomic E-state index is 0.543. The highest BCUT2D eigenvalue weighted by molar-refractivity contribution is 5.80. The van der Waals surface area contributed by atoms with Gasteiger partial charge in [0.25, 0.3) is 0 Å². The molecule has 1 aromatic rings. The lowest BCUT2D eigenvalue weighted by molar-refractivity contribution is 0.764. The SMILES string of the molecule is CCCCN=C(NCC)NC1CC1c1ccccc1. The van der Waals surface area contributed by atoms with Crippen molar-refractivity contribution in [3.05, 3.63) is 35.9 Å². The summed E-state index contributed by atoms with van der Waals surface area (Å²) in [5.74, 6) is 1.62. The van der Waals surface area contributed by atoms with Crippen LogP contribution in [-0.2, 0) is 0 Å². The van der Waals surface area contributed by atoms with Gasteiger partial charge in [0.1, 0.15) is 0 Å². The fourth-order valence-electron chi connectivity index (χ4n) is 2.27. The van der Waals surface area contributed by atoms with E-state index in [9.17, 15) is 0 Å². The van der Waals surface area contributed by atoms with E-state index in [-0.39, 0.29) is 0 Å². The van der Waals surface area contributed by atoms with Crippen LogP contribution in [0.25, 0.3) is 0 Å². The third-order valence-corrected chi connectivity index (χ3v) is 3.47. The van der Waals surface area contributed by atoms with E-state index in [1.165, 1.54) is 18.4 Å². The summed E-state index contributed by atoms with van der Waals surface area (Å²) < 4.78 is 0. The molecule has 3 nitrogen and oxygen atoms in total. The van der Waals surface area contributed by atoms with Crippen LogP contribution in [0.4, 0.5) is 0 Å². The van der Waals surface area contributed by atoms with Crippen LogP contribution in [0.2, 0.25) is 0 Å². The van der Waals surface area contributed by atoms with Gasteiger partial charge in [0.2, 0.25) is 0 Å². The van der Waals surface area contributed by atoms with Gasteiger partial charge in [0.05, 0.1) is 0 Å². The van der Waals surface area contributed by atoms with Crippen LogP contribution >= 0.6 is 0 Å². The normalized spacial score (nSPS) is 22.1. The molecule has 19 heavy (non-hydrogen) atoms. The molecule has 0 aliphatic heterocycles. The number of hydrogen-bond acceptors (Lipinski definition) is 1. The maximum atomic E-state index is 4.61. The molecule has 0 spiro atoms. The van der Waals surface area contributed by atoms with Crippen LogP contribution in [0.15, 0.2) is 35.3 Å². The van der Waals surface area contributed by atoms with Crippen LogP contribution < -0.4 is 10.6 Å². The Morgan fingerprint density at radius 2 is 2.05 bits per heavy atom. The molecule has 0 heterocycles. The number of hydrogen-bond donors (Lipinski definition) is 2. The second-order valence-corrected chi connectivity index (χ2v) is 5.12. The quantitative estimate of drug-likeness (QED) is 0.468. The van der Waals surface area contributed by atoms with Crippen LogP contribution in [0.5, 0.6) is 0 Å². The molecule has 0 aromatic heterocycles. The molecule has 0 saturated heterocycles. The van der Waals surface area contributed by atoms with Crippen molar-refractivity contribution in [2.75, 3.05) is 13.1 Å². The molecule has 104 valence electrons. The predicted octanol–water partition coefficient (Wildman–Crippen LogP) is 2.90. The van der Waals surface area contributed by atoms with Crippen molar-refractivity contribution in [2.24, 2.45) is 4.99 Å². The van der Waals surface area contributed by atoms with Crippen molar-refractivity contribution in [2.45, 2.75) is 45.1 Å². The van der Waals surface area contributed by atoms with Crippen LogP contribution in [-0.4, -0.2) is 25.1 Å². The Labute approximate surface area is 116 Å². The van der Waals surface area contributed by atoms with E-state index >= 15 is 0 Å². The fourth-order valence-corrected chi connectivity index (χ4v) is 2.27. The van der Waals surface area contributed by atoms with Crippen LogP contribution in [0.3, 0.4) is 0 Å². The van der Waals surface area contributed by atoms with Gasteiger partial charge in [0.15, 0.2) is 5.96 Å².